The Morgan fingerprint density at radius 3 is 2.90 bits per heavy atom. The monoisotopic (exact) mass is 319 g/mol. The van der Waals surface area contributed by atoms with Crippen LogP contribution in [0.2, 0.25) is 10.0 Å². The van der Waals surface area contributed by atoms with Gasteiger partial charge < -0.3 is 9.72 Å². The standard InChI is InChI=1S/C15H11Cl2N3O/c1-9-8-20-6-5-10(7-13(20)18-9)15(21)19-12-4-2-3-11(16)14(12)17/h2-8H,1H3,(H,19,21). The van der Waals surface area contributed by atoms with E-state index in [-0.39, 0.29) is 5.91 Å². The first kappa shape index (κ1) is 13.9. The van der Waals surface area contributed by atoms with Crippen LogP contribution in [-0.2, 0) is 0 Å². The molecule has 2 aromatic heterocycles. The van der Waals surface area contributed by atoms with Gasteiger partial charge in [-0.2, -0.15) is 0 Å². The molecule has 6 heteroatoms. The van der Waals surface area contributed by atoms with Gasteiger partial charge in [0.2, 0.25) is 0 Å². The van der Waals surface area contributed by atoms with Gasteiger partial charge in [-0.05, 0) is 31.2 Å². The van der Waals surface area contributed by atoms with E-state index in [1.165, 1.54) is 0 Å². The molecule has 3 rings (SSSR count). The number of halogens is 2. The number of rotatable bonds is 2. The molecule has 0 atom stereocenters. The molecule has 0 saturated heterocycles. The van der Waals surface area contributed by atoms with Crippen LogP contribution >= 0.6 is 23.2 Å². The lowest BCUT2D eigenvalue weighted by atomic mass is 10.2. The van der Waals surface area contributed by atoms with Gasteiger partial charge in [0.15, 0.2) is 0 Å². The summed E-state index contributed by atoms with van der Waals surface area (Å²) in [5.41, 5.74) is 2.60. The second-order valence-electron chi connectivity index (χ2n) is 4.62. The Bertz CT molecular complexity index is 842. The Hall–Kier alpha value is -2.04. The fraction of sp³-hybridized carbons (Fsp3) is 0.0667. The number of aryl methyl sites for hydroxylation is 1. The maximum Gasteiger partial charge on any atom is 0.255 e. The van der Waals surface area contributed by atoms with Gasteiger partial charge in [-0.15, -0.1) is 0 Å². The van der Waals surface area contributed by atoms with Crippen molar-refractivity contribution in [2.75, 3.05) is 5.32 Å². The minimum absolute atomic E-state index is 0.262. The zero-order valence-corrected chi connectivity index (χ0v) is 12.6. The van der Waals surface area contributed by atoms with Gasteiger partial charge in [-0.3, -0.25) is 4.79 Å². The van der Waals surface area contributed by atoms with Crippen molar-refractivity contribution in [2.45, 2.75) is 6.92 Å². The molecule has 1 N–H and O–H groups in total. The van der Waals surface area contributed by atoms with E-state index in [1.807, 2.05) is 17.5 Å². The van der Waals surface area contributed by atoms with Crippen LogP contribution in [0.4, 0.5) is 5.69 Å². The quantitative estimate of drug-likeness (QED) is 0.769. The molecular weight excluding hydrogens is 309 g/mol. The summed E-state index contributed by atoms with van der Waals surface area (Å²) < 4.78 is 1.86. The van der Waals surface area contributed by atoms with E-state index in [4.69, 9.17) is 23.2 Å². The van der Waals surface area contributed by atoms with Crippen LogP contribution in [0.1, 0.15) is 16.1 Å². The topological polar surface area (TPSA) is 46.4 Å². The molecule has 21 heavy (non-hydrogen) atoms. The van der Waals surface area contributed by atoms with Gasteiger partial charge >= 0.3 is 0 Å². The number of nitrogens with one attached hydrogen (secondary N) is 1. The molecule has 0 bridgehead atoms. The molecule has 0 unspecified atom stereocenters. The summed E-state index contributed by atoms with van der Waals surface area (Å²) in [6, 6.07) is 8.54. The number of nitrogens with zero attached hydrogens (tertiary/aromatic N) is 2. The van der Waals surface area contributed by atoms with Crippen molar-refractivity contribution in [3.63, 3.8) is 0 Å². The number of fused-ring (bicyclic) bond motifs is 1. The van der Waals surface area contributed by atoms with E-state index in [2.05, 4.69) is 10.3 Å². The second-order valence-corrected chi connectivity index (χ2v) is 5.40. The minimum atomic E-state index is -0.262. The molecule has 0 fully saturated rings. The number of carbonyl (C=O) groups is 1. The Morgan fingerprint density at radius 2 is 2.10 bits per heavy atom. The van der Waals surface area contributed by atoms with Crippen molar-refractivity contribution in [1.29, 1.82) is 0 Å². The smallest absolute Gasteiger partial charge is 0.255 e. The first-order valence-corrected chi connectivity index (χ1v) is 7.01. The predicted molar refractivity (Wildman–Crippen MR) is 84.3 cm³/mol. The van der Waals surface area contributed by atoms with Crippen LogP contribution in [-0.4, -0.2) is 15.3 Å². The molecule has 0 spiro atoms. The first-order chi connectivity index (χ1) is 10.0. The summed E-state index contributed by atoms with van der Waals surface area (Å²) in [7, 11) is 0. The zero-order valence-electron chi connectivity index (χ0n) is 11.1. The predicted octanol–water partition coefficient (Wildman–Crippen LogP) is 4.20. The van der Waals surface area contributed by atoms with Crippen molar-refractivity contribution in [3.05, 3.63) is 64.0 Å². The highest BCUT2D eigenvalue weighted by Gasteiger charge is 2.11. The number of pyridine rings is 1. The molecule has 106 valence electrons. The van der Waals surface area contributed by atoms with Gasteiger partial charge in [0.25, 0.3) is 5.91 Å². The average molecular weight is 320 g/mol. The Labute approximate surface area is 131 Å². The molecule has 3 aromatic rings. The number of anilines is 1. The van der Waals surface area contributed by atoms with Crippen molar-refractivity contribution in [3.8, 4) is 0 Å². The second kappa shape index (κ2) is 5.39. The fourth-order valence-corrected chi connectivity index (χ4v) is 2.39. The number of aromatic nitrogens is 2. The van der Waals surface area contributed by atoms with E-state index in [1.54, 1.807) is 36.5 Å². The minimum Gasteiger partial charge on any atom is -0.321 e. The number of amides is 1. The number of benzene rings is 1. The Balaban J connectivity index is 1.91. The summed E-state index contributed by atoms with van der Waals surface area (Å²) in [6.45, 7) is 1.90. The molecule has 4 nitrogen and oxygen atoms in total. The summed E-state index contributed by atoms with van der Waals surface area (Å²) >= 11 is 12.0. The highest BCUT2D eigenvalue weighted by atomic mass is 35.5. The number of hydrogen-bond donors (Lipinski definition) is 1. The lowest BCUT2D eigenvalue weighted by Crippen LogP contribution is -2.12. The number of imidazole rings is 1. The SMILES string of the molecule is Cc1cn2ccc(C(=O)Nc3cccc(Cl)c3Cl)cc2n1. The van der Waals surface area contributed by atoms with E-state index >= 15 is 0 Å². The molecule has 0 radical (unpaired) electrons. The molecule has 0 aliphatic heterocycles. The van der Waals surface area contributed by atoms with Gasteiger partial charge in [0.05, 0.1) is 21.4 Å². The van der Waals surface area contributed by atoms with E-state index in [0.717, 1.165) is 11.3 Å². The zero-order chi connectivity index (χ0) is 15.0. The summed E-state index contributed by atoms with van der Waals surface area (Å²) in [4.78, 5) is 16.6. The van der Waals surface area contributed by atoms with E-state index < -0.39 is 0 Å². The molecule has 0 aliphatic rings. The van der Waals surface area contributed by atoms with E-state index in [9.17, 15) is 4.79 Å². The van der Waals surface area contributed by atoms with Gasteiger partial charge in [-0.1, -0.05) is 29.3 Å². The van der Waals surface area contributed by atoms with Crippen LogP contribution in [0.5, 0.6) is 0 Å². The maximum absolute atomic E-state index is 12.3. The third kappa shape index (κ3) is 2.73. The maximum atomic E-state index is 12.3. The first-order valence-electron chi connectivity index (χ1n) is 6.25. The van der Waals surface area contributed by atoms with Crippen molar-refractivity contribution < 1.29 is 4.79 Å². The van der Waals surface area contributed by atoms with Gasteiger partial charge in [-0.25, -0.2) is 4.98 Å². The normalized spacial score (nSPS) is 10.8. The fourth-order valence-electron chi connectivity index (χ4n) is 2.04. The lowest BCUT2D eigenvalue weighted by molar-refractivity contribution is 0.102. The number of carbonyl (C=O) groups excluding carboxylic acids is 1. The highest BCUT2D eigenvalue weighted by Crippen LogP contribution is 2.29. The lowest BCUT2D eigenvalue weighted by Gasteiger charge is -2.08. The van der Waals surface area contributed by atoms with Crippen molar-refractivity contribution in [2.24, 2.45) is 0 Å². The molecule has 1 aromatic carbocycles. The third-order valence-electron chi connectivity index (χ3n) is 3.04. The molecule has 0 saturated carbocycles. The molecule has 2 heterocycles. The summed E-state index contributed by atoms with van der Waals surface area (Å²) in [5.74, 6) is -0.262. The average Bonchev–Trinajstić information content (AvgIpc) is 2.82. The Kier molecular flexibility index (Phi) is 3.57. The molecule has 1 amide bonds. The molecular formula is C15H11Cl2N3O. The van der Waals surface area contributed by atoms with Crippen LogP contribution in [0.15, 0.2) is 42.7 Å². The highest BCUT2D eigenvalue weighted by molar-refractivity contribution is 6.44. The van der Waals surface area contributed by atoms with Crippen molar-refractivity contribution >= 4 is 40.4 Å². The largest absolute Gasteiger partial charge is 0.321 e. The van der Waals surface area contributed by atoms with Gasteiger partial charge in [0.1, 0.15) is 5.65 Å². The number of hydrogen-bond acceptors (Lipinski definition) is 2. The summed E-state index contributed by atoms with van der Waals surface area (Å²) in [5, 5.41) is 3.47. The molecule has 0 aliphatic carbocycles. The van der Waals surface area contributed by atoms with Crippen LogP contribution < -0.4 is 5.32 Å². The van der Waals surface area contributed by atoms with Crippen LogP contribution in [0.3, 0.4) is 0 Å². The van der Waals surface area contributed by atoms with Gasteiger partial charge in [0, 0.05) is 18.0 Å². The third-order valence-corrected chi connectivity index (χ3v) is 3.86. The Morgan fingerprint density at radius 1 is 1.29 bits per heavy atom. The van der Waals surface area contributed by atoms with Crippen molar-refractivity contribution in [1.82, 2.24) is 9.38 Å². The van der Waals surface area contributed by atoms with Crippen LogP contribution in [0.25, 0.3) is 5.65 Å². The van der Waals surface area contributed by atoms with Crippen LogP contribution in [0, 0.1) is 6.92 Å². The van der Waals surface area contributed by atoms with E-state index in [0.29, 0.717) is 21.3 Å². The summed E-state index contributed by atoms with van der Waals surface area (Å²) in [6.07, 6.45) is 3.69.